The molecule has 18 heavy (non-hydrogen) atoms. The predicted molar refractivity (Wildman–Crippen MR) is 67.7 cm³/mol. The molecule has 0 fully saturated rings. The van der Waals surface area contributed by atoms with Gasteiger partial charge in [-0.25, -0.2) is 4.79 Å². The van der Waals surface area contributed by atoms with Crippen molar-refractivity contribution in [2.45, 2.75) is 39.3 Å². The number of amidine groups is 1. The minimum Gasteiger partial charge on any atom is -0.444 e. The van der Waals surface area contributed by atoms with Gasteiger partial charge in [-0.3, -0.25) is 4.90 Å². The fraction of sp³-hybridized carbons (Fsp3) is 0.818. The Morgan fingerprint density at radius 1 is 1.50 bits per heavy atom. The molecule has 0 aliphatic rings. The highest BCUT2D eigenvalue weighted by Gasteiger charge is 2.28. The quantitative estimate of drug-likeness (QED) is 0.333. The third-order valence-electron chi connectivity index (χ3n) is 2.09. The molecule has 0 aliphatic heterocycles. The Bertz CT molecular complexity index is 299. The summed E-state index contributed by atoms with van der Waals surface area (Å²) in [5.41, 5.74) is 4.93. The molecule has 0 saturated carbocycles. The molecular weight excluding hydrogens is 238 g/mol. The number of oxime groups is 1. The van der Waals surface area contributed by atoms with Crippen molar-refractivity contribution < 1.29 is 19.5 Å². The fourth-order valence-corrected chi connectivity index (χ4v) is 1.15. The first-order valence-corrected chi connectivity index (χ1v) is 5.74. The maximum Gasteiger partial charge on any atom is 0.410 e. The summed E-state index contributed by atoms with van der Waals surface area (Å²) < 4.78 is 10.4. The van der Waals surface area contributed by atoms with Gasteiger partial charge < -0.3 is 20.4 Å². The summed E-state index contributed by atoms with van der Waals surface area (Å²) in [5, 5.41) is 11.6. The number of hydrogen-bond donors (Lipinski definition) is 2. The normalized spacial score (nSPS) is 14.2. The van der Waals surface area contributed by atoms with E-state index in [1.54, 1.807) is 20.8 Å². The second-order valence-electron chi connectivity index (χ2n) is 4.79. The molecule has 1 amide bonds. The van der Waals surface area contributed by atoms with Gasteiger partial charge in [0.1, 0.15) is 11.6 Å². The van der Waals surface area contributed by atoms with Crippen LogP contribution in [0.5, 0.6) is 0 Å². The Hall–Kier alpha value is -1.50. The van der Waals surface area contributed by atoms with E-state index in [9.17, 15) is 4.79 Å². The molecule has 0 aromatic heterocycles. The summed E-state index contributed by atoms with van der Waals surface area (Å²) in [5.74, 6) is -0.100. The zero-order valence-electron chi connectivity index (χ0n) is 11.6. The molecule has 1 atom stereocenters. The van der Waals surface area contributed by atoms with Crippen molar-refractivity contribution in [3.05, 3.63) is 0 Å². The van der Waals surface area contributed by atoms with Crippen LogP contribution in [0, 0.1) is 0 Å². The molecule has 0 saturated heterocycles. The van der Waals surface area contributed by atoms with E-state index >= 15 is 0 Å². The van der Waals surface area contributed by atoms with Crippen LogP contribution in [0.3, 0.4) is 0 Å². The molecule has 7 nitrogen and oxygen atoms in total. The molecule has 0 aromatic carbocycles. The van der Waals surface area contributed by atoms with E-state index in [4.69, 9.17) is 20.4 Å². The van der Waals surface area contributed by atoms with Gasteiger partial charge in [0, 0.05) is 13.7 Å². The van der Waals surface area contributed by atoms with Gasteiger partial charge in [0.15, 0.2) is 5.84 Å². The van der Waals surface area contributed by atoms with Gasteiger partial charge in [-0.05, 0) is 27.7 Å². The maximum atomic E-state index is 11.8. The lowest BCUT2D eigenvalue weighted by molar-refractivity contribution is 0.0175. The highest BCUT2D eigenvalue weighted by molar-refractivity contribution is 5.88. The third-order valence-corrected chi connectivity index (χ3v) is 2.09. The first-order chi connectivity index (χ1) is 8.22. The summed E-state index contributed by atoms with van der Waals surface area (Å²) in [6.45, 7) is 7.72. The molecule has 1 unspecified atom stereocenters. The van der Waals surface area contributed by atoms with Crippen LogP contribution in [0.4, 0.5) is 4.79 Å². The summed E-state index contributed by atoms with van der Waals surface area (Å²) in [6, 6.07) is -0.662. The number of likely N-dealkylation sites (N-methyl/N-ethyl adjacent to an activating group) is 1. The molecule has 0 spiro atoms. The van der Waals surface area contributed by atoms with E-state index < -0.39 is 17.7 Å². The van der Waals surface area contributed by atoms with Crippen LogP contribution in [-0.2, 0) is 9.47 Å². The molecular formula is C11H23N3O4. The summed E-state index contributed by atoms with van der Waals surface area (Å²) in [7, 11) is 1.51. The van der Waals surface area contributed by atoms with Crippen LogP contribution in [0.2, 0.25) is 0 Å². The van der Waals surface area contributed by atoms with Crippen molar-refractivity contribution in [1.29, 1.82) is 0 Å². The number of amides is 1. The minimum absolute atomic E-state index is 0.100. The standard InChI is InChI=1S/C11H23N3O4/c1-6-17-7-8(9(12)13-16)14(5)10(15)18-11(2,3)4/h8,16H,6-7H2,1-5H3,(H2,12,13). The van der Waals surface area contributed by atoms with Crippen molar-refractivity contribution in [2.75, 3.05) is 20.3 Å². The third kappa shape index (κ3) is 5.72. The molecule has 3 N–H and O–H groups in total. The van der Waals surface area contributed by atoms with Crippen molar-refractivity contribution in [3.8, 4) is 0 Å². The lowest BCUT2D eigenvalue weighted by Gasteiger charge is -2.29. The van der Waals surface area contributed by atoms with Gasteiger partial charge in [0.05, 0.1) is 6.61 Å². The number of carbonyl (C=O) groups excluding carboxylic acids is 1. The first kappa shape index (κ1) is 16.5. The Balaban J connectivity index is 4.74. The van der Waals surface area contributed by atoms with Gasteiger partial charge >= 0.3 is 6.09 Å². The van der Waals surface area contributed by atoms with Gasteiger partial charge in [-0.2, -0.15) is 0 Å². The lowest BCUT2D eigenvalue weighted by atomic mass is 10.2. The average molecular weight is 261 g/mol. The summed E-state index contributed by atoms with van der Waals surface area (Å²) >= 11 is 0. The van der Waals surface area contributed by atoms with E-state index in [2.05, 4.69) is 5.16 Å². The zero-order chi connectivity index (χ0) is 14.3. The predicted octanol–water partition coefficient (Wildman–Crippen LogP) is 1.00. The number of rotatable bonds is 5. The molecule has 106 valence electrons. The average Bonchev–Trinajstić information content (AvgIpc) is 2.26. The number of nitrogens with two attached hydrogens (primary N) is 1. The lowest BCUT2D eigenvalue weighted by Crippen LogP contribution is -2.50. The SMILES string of the molecule is CCOCC(/C(N)=N/O)N(C)C(=O)OC(C)(C)C. The van der Waals surface area contributed by atoms with E-state index in [1.165, 1.54) is 11.9 Å². The molecule has 7 heteroatoms. The van der Waals surface area contributed by atoms with Crippen LogP contribution < -0.4 is 5.73 Å². The fourth-order valence-electron chi connectivity index (χ4n) is 1.15. The Labute approximate surface area is 108 Å². The van der Waals surface area contributed by atoms with E-state index in [-0.39, 0.29) is 12.4 Å². The summed E-state index contributed by atoms with van der Waals surface area (Å²) in [6.07, 6.45) is -0.557. The number of carbonyl (C=O) groups is 1. The molecule has 0 rings (SSSR count). The first-order valence-electron chi connectivity index (χ1n) is 5.74. The summed E-state index contributed by atoms with van der Waals surface area (Å²) in [4.78, 5) is 13.1. The van der Waals surface area contributed by atoms with Gasteiger partial charge in [0.2, 0.25) is 0 Å². The number of hydrogen-bond acceptors (Lipinski definition) is 5. The smallest absolute Gasteiger partial charge is 0.410 e. The molecule has 0 aliphatic carbocycles. The van der Waals surface area contributed by atoms with Crippen molar-refractivity contribution >= 4 is 11.9 Å². The van der Waals surface area contributed by atoms with Crippen LogP contribution in [0.1, 0.15) is 27.7 Å². The van der Waals surface area contributed by atoms with E-state index in [1.807, 2.05) is 6.92 Å². The molecule has 0 heterocycles. The molecule has 0 radical (unpaired) electrons. The second-order valence-corrected chi connectivity index (χ2v) is 4.79. The Morgan fingerprint density at radius 2 is 2.06 bits per heavy atom. The highest BCUT2D eigenvalue weighted by Crippen LogP contribution is 2.11. The Morgan fingerprint density at radius 3 is 2.44 bits per heavy atom. The Kier molecular flexibility index (Phi) is 6.46. The molecule has 0 aromatic rings. The van der Waals surface area contributed by atoms with Gasteiger partial charge in [-0.1, -0.05) is 5.16 Å². The minimum atomic E-state index is -0.662. The highest BCUT2D eigenvalue weighted by atomic mass is 16.6. The van der Waals surface area contributed by atoms with Crippen LogP contribution in [0.15, 0.2) is 5.16 Å². The zero-order valence-corrected chi connectivity index (χ0v) is 11.6. The van der Waals surface area contributed by atoms with Crippen molar-refractivity contribution in [3.63, 3.8) is 0 Å². The topological polar surface area (TPSA) is 97.4 Å². The van der Waals surface area contributed by atoms with E-state index in [0.717, 1.165) is 0 Å². The number of ether oxygens (including phenoxy) is 2. The van der Waals surface area contributed by atoms with Gasteiger partial charge in [-0.15, -0.1) is 0 Å². The second kappa shape index (κ2) is 7.05. The monoisotopic (exact) mass is 261 g/mol. The van der Waals surface area contributed by atoms with Crippen LogP contribution >= 0.6 is 0 Å². The van der Waals surface area contributed by atoms with Crippen molar-refractivity contribution in [2.24, 2.45) is 10.9 Å². The van der Waals surface area contributed by atoms with Crippen LogP contribution in [-0.4, -0.2) is 53.9 Å². The van der Waals surface area contributed by atoms with E-state index in [0.29, 0.717) is 6.61 Å². The van der Waals surface area contributed by atoms with Gasteiger partial charge in [0.25, 0.3) is 0 Å². The van der Waals surface area contributed by atoms with Crippen molar-refractivity contribution in [1.82, 2.24) is 4.90 Å². The molecule has 0 bridgehead atoms. The largest absolute Gasteiger partial charge is 0.444 e. The number of nitrogens with zero attached hydrogens (tertiary/aromatic N) is 2. The maximum absolute atomic E-state index is 11.8. The van der Waals surface area contributed by atoms with Crippen LogP contribution in [0.25, 0.3) is 0 Å².